The number of ether oxygens (including phenoxy) is 1. The smallest absolute Gasteiger partial charge is 0.246 e. The highest BCUT2D eigenvalue weighted by Crippen LogP contribution is 2.25. The summed E-state index contributed by atoms with van der Waals surface area (Å²) in [4.78, 5) is 14.1. The molecule has 4 nitrogen and oxygen atoms in total. The molecule has 1 amide bonds. The first-order valence-corrected chi connectivity index (χ1v) is 10.1. The fourth-order valence-electron chi connectivity index (χ4n) is 3.25. The fourth-order valence-corrected chi connectivity index (χ4v) is 3.25. The number of nitrogens with zero attached hydrogens (tertiary/aromatic N) is 1. The van der Waals surface area contributed by atoms with Crippen LogP contribution in [0.4, 0.5) is 0 Å². The van der Waals surface area contributed by atoms with E-state index in [1.807, 2.05) is 11.0 Å². The number of phenolic OH excluding ortho intramolecular Hbond substituents is 1. The van der Waals surface area contributed by atoms with Crippen LogP contribution in [0.25, 0.3) is 6.08 Å². The third kappa shape index (κ3) is 6.40. The van der Waals surface area contributed by atoms with Gasteiger partial charge in [0.15, 0.2) is 0 Å². The topological polar surface area (TPSA) is 49.8 Å². The lowest BCUT2D eigenvalue weighted by molar-refractivity contribution is -0.126. The Balaban J connectivity index is 1.95. The zero-order valence-electron chi connectivity index (χ0n) is 16.2. The van der Waals surface area contributed by atoms with Gasteiger partial charge in [0.05, 0.1) is 6.61 Å². The first-order chi connectivity index (χ1) is 12.6. The van der Waals surface area contributed by atoms with E-state index in [1.54, 1.807) is 24.3 Å². The largest absolute Gasteiger partial charge is 0.507 e. The fraction of sp³-hybridized carbons (Fsp3) is 0.591. The van der Waals surface area contributed by atoms with Crippen LogP contribution in [0, 0.1) is 5.92 Å². The zero-order valence-corrected chi connectivity index (χ0v) is 16.2. The van der Waals surface area contributed by atoms with Crippen LogP contribution in [-0.4, -0.2) is 35.6 Å². The van der Waals surface area contributed by atoms with Crippen molar-refractivity contribution in [3.63, 3.8) is 0 Å². The molecule has 1 aliphatic rings. The summed E-state index contributed by atoms with van der Waals surface area (Å²) in [5.74, 6) is 1.48. The molecule has 2 rings (SSSR count). The van der Waals surface area contributed by atoms with E-state index in [4.69, 9.17) is 4.74 Å². The van der Waals surface area contributed by atoms with Gasteiger partial charge in [0.2, 0.25) is 5.91 Å². The highest BCUT2D eigenvalue weighted by atomic mass is 16.5. The molecule has 0 saturated carbocycles. The maximum absolute atomic E-state index is 12.2. The summed E-state index contributed by atoms with van der Waals surface area (Å²) in [7, 11) is 0. The van der Waals surface area contributed by atoms with Crippen molar-refractivity contribution >= 4 is 12.0 Å². The Morgan fingerprint density at radius 1 is 1.27 bits per heavy atom. The van der Waals surface area contributed by atoms with E-state index >= 15 is 0 Å². The van der Waals surface area contributed by atoms with Crippen LogP contribution in [0.15, 0.2) is 24.3 Å². The summed E-state index contributed by atoms with van der Waals surface area (Å²) in [5, 5.41) is 10.1. The molecule has 1 fully saturated rings. The van der Waals surface area contributed by atoms with E-state index in [9.17, 15) is 9.90 Å². The predicted molar refractivity (Wildman–Crippen MR) is 106 cm³/mol. The third-order valence-corrected chi connectivity index (χ3v) is 5.10. The Morgan fingerprint density at radius 3 is 2.73 bits per heavy atom. The summed E-state index contributed by atoms with van der Waals surface area (Å²) < 4.78 is 5.93. The van der Waals surface area contributed by atoms with Gasteiger partial charge in [-0.15, -0.1) is 0 Å². The van der Waals surface area contributed by atoms with Gasteiger partial charge in [-0.25, -0.2) is 0 Å². The second kappa shape index (κ2) is 10.9. The Labute approximate surface area is 157 Å². The lowest BCUT2D eigenvalue weighted by Crippen LogP contribution is -2.34. The van der Waals surface area contributed by atoms with Crippen LogP contribution in [0.1, 0.15) is 64.4 Å². The van der Waals surface area contributed by atoms with Crippen LogP contribution < -0.4 is 4.74 Å². The summed E-state index contributed by atoms with van der Waals surface area (Å²) in [6.07, 6.45) is 11.3. The number of hydrogen-bond acceptors (Lipinski definition) is 3. The standard InChI is InChI=1S/C22H33NO3/c1-3-5-9-18(4-2)17-26-20-11-12-21(24)19(16-20)10-13-22(25)23-14-7-6-8-15-23/h10-13,16,18,24H,3-9,14-15,17H2,1-2H3/b13-10+. The summed E-state index contributed by atoms with van der Waals surface area (Å²) in [6, 6.07) is 5.22. The number of rotatable bonds is 9. The Kier molecular flexibility index (Phi) is 8.52. The van der Waals surface area contributed by atoms with Gasteiger partial charge in [0.1, 0.15) is 11.5 Å². The first kappa shape index (κ1) is 20.3. The normalized spacial score (nSPS) is 16.0. The first-order valence-electron chi connectivity index (χ1n) is 10.1. The molecule has 1 atom stereocenters. The highest BCUT2D eigenvalue weighted by molar-refractivity contribution is 5.92. The van der Waals surface area contributed by atoms with E-state index < -0.39 is 0 Å². The van der Waals surface area contributed by atoms with Crippen molar-refractivity contribution in [2.24, 2.45) is 5.92 Å². The zero-order chi connectivity index (χ0) is 18.8. The van der Waals surface area contributed by atoms with Crippen LogP contribution in [0.2, 0.25) is 0 Å². The van der Waals surface area contributed by atoms with Gasteiger partial charge < -0.3 is 14.7 Å². The van der Waals surface area contributed by atoms with Crippen molar-refractivity contribution in [3.8, 4) is 11.5 Å². The molecule has 1 N–H and O–H groups in total. The maximum Gasteiger partial charge on any atom is 0.246 e. The number of benzene rings is 1. The average Bonchev–Trinajstić information content (AvgIpc) is 2.68. The predicted octanol–water partition coefficient (Wildman–Crippen LogP) is 5.01. The van der Waals surface area contributed by atoms with E-state index in [-0.39, 0.29) is 11.7 Å². The van der Waals surface area contributed by atoms with Crippen molar-refractivity contribution in [3.05, 3.63) is 29.8 Å². The van der Waals surface area contributed by atoms with Crippen LogP contribution in [0.3, 0.4) is 0 Å². The van der Waals surface area contributed by atoms with Crippen LogP contribution >= 0.6 is 0 Å². The monoisotopic (exact) mass is 359 g/mol. The quantitative estimate of drug-likeness (QED) is 0.630. The molecule has 1 saturated heterocycles. The molecule has 4 heteroatoms. The van der Waals surface area contributed by atoms with E-state index in [0.29, 0.717) is 18.1 Å². The van der Waals surface area contributed by atoms with Crippen molar-refractivity contribution in [2.45, 2.75) is 58.8 Å². The van der Waals surface area contributed by atoms with Gasteiger partial charge in [-0.05, 0) is 55.9 Å². The van der Waals surface area contributed by atoms with Crippen molar-refractivity contribution in [1.29, 1.82) is 0 Å². The number of likely N-dealkylation sites (tertiary alicyclic amines) is 1. The molecule has 1 unspecified atom stereocenters. The van der Waals surface area contributed by atoms with Crippen LogP contribution in [-0.2, 0) is 4.79 Å². The second-order valence-electron chi connectivity index (χ2n) is 7.17. The lowest BCUT2D eigenvalue weighted by atomic mass is 10.0. The van der Waals surface area contributed by atoms with E-state index in [1.165, 1.54) is 25.7 Å². The molecule has 0 aliphatic carbocycles. The number of unbranched alkanes of at least 4 members (excludes halogenated alkanes) is 1. The Hall–Kier alpha value is -1.97. The van der Waals surface area contributed by atoms with Crippen molar-refractivity contribution in [2.75, 3.05) is 19.7 Å². The number of carbonyl (C=O) groups excluding carboxylic acids is 1. The van der Waals surface area contributed by atoms with E-state index in [2.05, 4.69) is 13.8 Å². The third-order valence-electron chi connectivity index (χ3n) is 5.10. The molecular weight excluding hydrogens is 326 g/mol. The number of hydrogen-bond donors (Lipinski definition) is 1. The van der Waals surface area contributed by atoms with Gasteiger partial charge in [0, 0.05) is 24.7 Å². The van der Waals surface area contributed by atoms with Gasteiger partial charge in [-0.3, -0.25) is 4.79 Å². The Morgan fingerprint density at radius 2 is 2.04 bits per heavy atom. The molecule has 1 aromatic rings. The van der Waals surface area contributed by atoms with Gasteiger partial charge >= 0.3 is 0 Å². The molecule has 144 valence electrons. The van der Waals surface area contributed by atoms with Crippen molar-refractivity contribution < 1.29 is 14.6 Å². The number of amides is 1. The maximum atomic E-state index is 12.2. The summed E-state index contributed by atoms with van der Waals surface area (Å²) >= 11 is 0. The highest BCUT2D eigenvalue weighted by Gasteiger charge is 2.14. The molecule has 1 aromatic carbocycles. The summed E-state index contributed by atoms with van der Waals surface area (Å²) in [5.41, 5.74) is 0.620. The minimum absolute atomic E-state index is 0.0148. The Bertz CT molecular complexity index is 591. The molecular formula is C22H33NO3. The summed E-state index contributed by atoms with van der Waals surface area (Å²) in [6.45, 7) is 6.75. The van der Waals surface area contributed by atoms with Crippen molar-refractivity contribution in [1.82, 2.24) is 4.90 Å². The molecule has 0 radical (unpaired) electrons. The molecule has 0 spiro atoms. The molecule has 1 aliphatic heterocycles. The SMILES string of the molecule is CCCCC(CC)COc1ccc(O)c(/C=C/C(=O)N2CCCCC2)c1. The number of aromatic hydroxyl groups is 1. The number of phenols is 1. The molecule has 1 heterocycles. The molecule has 0 bridgehead atoms. The number of carbonyl (C=O) groups is 1. The minimum atomic E-state index is 0.0148. The second-order valence-corrected chi connectivity index (χ2v) is 7.17. The van der Waals surface area contributed by atoms with Gasteiger partial charge in [-0.1, -0.05) is 33.1 Å². The number of piperidine rings is 1. The molecule has 26 heavy (non-hydrogen) atoms. The minimum Gasteiger partial charge on any atom is -0.507 e. The average molecular weight is 360 g/mol. The molecule has 0 aromatic heterocycles. The van der Waals surface area contributed by atoms with Gasteiger partial charge in [0.25, 0.3) is 0 Å². The lowest BCUT2D eigenvalue weighted by Gasteiger charge is -2.25. The van der Waals surface area contributed by atoms with Gasteiger partial charge in [-0.2, -0.15) is 0 Å². The van der Waals surface area contributed by atoms with E-state index in [0.717, 1.165) is 38.1 Å². The van der Waals surface area contributed by atoms with Crippen LogP contribution in [0.5, 0.6) is 11.5 Å².